The van der Waals surface area contributed by atoms with Crippen LogP contribution in [0.3, 0.4) is 0 Å². The number of hydrogen-bond donors (Lipinski definition) is 3. The second-order valence-corrected chi connectivity index (χ2v) is 4.50. The lowest BCUT2D eigenvalue weighted by atomic mass is 10.0. The molecule has 1 amide bonds. The number of nitrogens with one attached hydrogen (secondary N) is 1. The van der Waals surface area contributed by atoms with Gasteiger partial charge in [0.15, 0.2) is 0 Å². The second kappa shape index (κ2) is 5.22. The molecule has 2 heterocycles. The van der Waals surface area contributed by atoms with Crippen LogP contribution < -0.4 is 16.8 Å². The van der Waals surface area contributed by atoms with Crippen LogP contribution in [0.5, 0.6) is 0 Å². The maximum Gasteiger partial charge on any atom is 0.267 e. The number of carbonyl (C=O) groups excluding carboxylic acids is 1. The number of nitrogens with zero attached hydrogens (tertiary/aromatic N) is 1. The van der Waals surface area contributed by atoms with Crippen LogP contribution in [0.1, 0.15) is 23.8 Å². The molecule has 1 fully saturated rings. The first-order valence-corrected chi connectivity index (χ1v) is 5.99. The Labute approximate surface area is 106 Å². The Morgan fingerprint density at radius 2 is 2.39 bits per heavy atom. The summed E-state index contributed by atoms with van der Waals surface area (Å²) in [5.41, 5.74) is 11.7. The third-order valence-corrected chi connectivity index (χ3v) is 3.24. The minimum absolute atomic E-state index is 0.211. The highest BCUT2D eigenvalue weighted by Gasteiger charge is 2.24. The smallest absolute Gasteiger partial charge is 0.267 e. The molecule has 18 heavy (non-hydrogen) atoms. The number of amides is 1. The van der Waals surface area contributed by atoms with Crippen molar-refractivity contribution < 1.29 is 9.53 Å². The van der Waals surface area contributed by atoms with Gasteiger partial charge in [-0.25, -0.2) is 4.98 Å². The molecule has 2 rings (SSSR count). The van der Waals surface area contributed by atoms with Crippen LogP contribution in [0, 0.1) is 5.92 Å². The van der Waals surface area contributed by atoms with Gasteiger partial charge in [-0.2, -0.15) is 0 Å². The second-order valence-electron chi connectivity index (χ2n) is 4.50. The fraction of sp³-hybridized carbons (Fsp3) is 0.500. The molecule has 0 radical (unpaired) electrons. The Morgan fingerprint density at radius 3 is 3.00 bits per heavy atom. The maximum absolute atomic E-state index is 11.0. The highest BCUT2D eigenvalue weighted by atomic mass is 16.5. The fourth-order valence-electron chi connectivity index (χ4n) is 2.02. The number of hydrogen-bond acceptors (Lipinski definition) is 5. The number of nitrogens with two attached hydrogens (primary N) is 2. The quantitative estimate of drug-likeness (QED) is 0.726. The van der Waals surface area contributed by atoms with Gasteiger partial charge >= 0.3 is 0 Å². The summed E-state index contributed by atoms with van der Waals surface area (Å²) < 4.78 is 5.48. The number of aromatic nitrogens is 1. The van der Waals surface area contributed by atoms with Crippen molar-refractivity contribution in [1.29, 1.82) is 0 Å². The lowest BCUT2D eigenvalue weighted by Crippen LogP contribution is -2.22. The van der Waals surface area contributed by atoms with Crippen LogP contribution in [0.4, 0.5) is 11.5 Å². The molecular weight excluding hydrogens is 232 g/mol. The minimum Gasteiger partial charge on any atom is -0.396 e. The lowest BCUT2D eigenvalue weighted by molar-refractivity contribution is 0.0995. The molecule has 6 heteroatoms. The Bertz CT molecular complexity index is 450. The number of ether oxygens (including phenoxy) is 1. The summed E-state index contributed by atoms with van der Waals surface area (Å²) in [5, 5.41) is 3.16. The van der Waals surface area contributed by atoms with Gasteiger partial charge in [0, 0.05) is 19.1 Å². The zero-order valence-electron chi connectivity index (χ0n) is 10.3. The first-order valence-electron chi connectivity index (χ1n) is 5.99. The molecule has 2 atom stereocenters. The molecule has 1 saturated heterocycles. The molecule has 2 unspecified atom stereocenters. The van der Waals surface area contributed by atoms with Gasteiger partial charge in [-0.05, 0) is 25.5 Å². The average Bonchev–Trinajstić information content (AvgIpc) is 2.73. The normalized spacial score (nSPS) is 22.9. The van der Waals surface area contributed by atoms with Crippen LogP contribution in [0.15, 0.2) is 12.1 Å². The molecule has 5 N–H and O–H groups in total. The number of nitrogen functional groups attached to an aromatic ring is 1. The largest absolute Gasteiger partial charge is 0.396 e. The van der Waals surface area contributed by atoms with Gasteiger partial charge in [0.05, 0.1) is 11.8 Å². The monoisotopic (exact) mass is 250 g/mol. The predicted molar refractivity (Wildman–Crippen MR) is 69.2 cm³/mol. The third-order valence-electron chi connectivity index (χ3n) is 3.24. The van der Waals surface area contributed by atoms with Gasteiger partial charge in [0.25, 0.3) is 5.91 Å². The van der Waals surface area contributed by atoms with Crippen molar-refractivity contribution in [3.63, 3.8) is 0 Å². The number of carbonyl (C=O) groups is 1. The van der Waals surface area contributed by atoms with Crippen LogP contribution in [-0.2, 0) is 4.74 Å². The summed E-state index contributed by atoms with van der Waals surface area (Å²) in [5.74, 6) is 0.379. The molecule has 1 aromatic heterocycles. The summed E-state index contributed by atoms with van der Waals surface area (Å²) in [6.45, 7) is 3.56. The summed E-state index contributed by atoms with van der Waals surface area (Å²) >= 11 is 0. The first kappa shape index (κ1) is 12.6. The summed E-state index contributed by atoms with van der Waals surface area (Å²) in [7, 11) is 0. The van der Waals surface area contributed by atoms with E-state index in [-0.39, 0.29) is 11.8 Å². The Balaban J connectivity index is 2.04. The molecule has 0 aliphatic carbocycles. The molecule has 6 nitrogen and oxygen atoms in total. The molecule has 1 aliphatic heterocycles. The van der Waals surface area contributed by atoms with Crippen molar-refractivity contribution in [3.05, 3.63) is 17.8 Å². The van der Waals surface area contributed by atoms with E-state index in [0.717, 1.165) is 19.6 Å². The number of primary amides is 1. The van der Waals surface area contributed by atoms with Crippen LogP contribution in [-0.4, -0.2) is 30.1 Å². The summed E-state index contributed by atoms with van der Waals surface area (Å²) in [6, 6.07) is 3.15. The van der Waals surface area contributed by atoms with Crippen molar-refractivity contribution >= 4 is 17.4 Å². The standard InChI is InChI=1S/C12H18N4O2/c1-7-8(4-5-18-7)6-15-12-9(13)2-3-10(16-12)11(14)17/h2-3,7-8H,4-6,13H2,1H3,(H2,14,17)(H,15,16). The SMILES string of the molecule is CC1OCCC1CNc1nc(C(N)=O)ccc1N. The average molecular weight is 250 g/mol. The fourth-order valence-corrected chi connectivity index (χ4v) is 2.02. The number of anilines is 2. The number of pyridine rings is 1. The van der Waals surface area contributed by atoms with Gasteiger partial charge in [0.1, 0.15) is 11.5 Å². The first-order chi connectivity index (χ1) is 8.58. The minimum atomic E-state index is -0.560. The van der Waals surface area contributed by atoms with Crippen molar-refractivity contribution in [2.45, 2.75) is 19.4 Å². The van der Waals surface area contributed by atoms with Crippen molar-refractivity contribution in [2.24, 2.45) is 11.7 Å². The molecule has 98 valence electrons. The molecular formula is C12H18N4O2. The van der Waals surface area contributed by atoms with Gasteiger partial charge in [0.2, 0.25) is 0 Å². The zero-order chi connectivity index (χ0) is 13.1. The van der Waals surface area contributed by atoms with Crippen LogP contribution in [0.2, 0.25) is 0 Å². The Morgan fingerprint density at radius 1 is 1.61 bits per heavy atom. The van der Waals surface area contributed by atoms with Crippen LogP contribution in [0.25, 0.3) is 0 Å². The molecule has 0 aromatic carbocycles. The summed E-state index contributed by atoms with van der Waals surface area (Å²) in [6.07, 6.45) is 1.25. The van der Waals surface area contributed by atoms with Crippen LogP contribution >= 0.6 is 0 Å². The van der Waals surface area contributed by atoms with Gasteiger partial charge in [-0.15, -0.1) is 0 Å². The maximum atomic E-state index is 11.0. The highest BCUT2D eigenvalue weighted by molar-refractivity contribution is 5.91. The molecule has 0 bridgehead atoms. The predicted octanol–water partition coefficient (Wildman–Crippen LogP) is 0.600. The van der Waals surface area contributed by atoms with E-state index in [9.17, 15) is 4.79 Å². The van der Waals surface area contributed by atoms with E-state index in [1.54, 1.807) is 6.07 Å². The van der Waals surface area contributed by atoms with E-state index in [0.29, 0.717) is 17.4 Å². The molecule has 1 aliphatic rings. The Kier molecular flexibility index (Phi) is 3.66. The van der Waals surface area contributed by atoms with Gasteiger partial charge in [-0.1, -0.05) is 0 Å². The van der Waals surface area contributed by atoms with E-state index in [1.165, 1.54) is 6.07 Å². The third kappa shape index (κ3) is 2.70. The zero-order valence-corrected chi connectivity index (χ0v) is 10.3. The van der Waals surface area contributed by atoms with Crippen molar-refractivity contribution in [1.82, 2.24) is 4.98 Å². The number of rotatable bonds is 4. The van der Waals surface area contributed by atoms with E-state index >= 15 is 0 Å². The van der Waals surface area contributed by atoms with Crippen molar-refractivity contribution in [3.8, 4) is 0 Å². The van der Waals surface area contributed by atoms with E-state index in [2.05, 4.69) is 17.2 Å². The van der Waals surface area contributed by atoms with Gasteiger partial charge in [-0.3, -0.25) is 4.79 Å². The molecule has 1 aromatic rings. The van der Waals surface area contributed by atoms with E-state index in [1.807, 2.05) is 0 Å². The van der Waals surface area contributed by atoms with Gasteiger partial charge < -0.3 is 21.5 Å². The molecule has 0 spiro atoms. The topological polar surface area (TPSA) is 103 Å². The van der Waals surface area contributed by atoms with E-state index in [4.69, 9.17) is 16.2 Å². The van der Waals surface area contributed by atoms with E-state index < -0.39 is 5.91 Å². The van der Waals surface area contributed by atoms with Crippen molar-refractivity contribution in [2.75, 3.05) is 24.2 Å². The Hall–Kier alpha value is -1.82. The highest BCUT2D eigenvalue weighted by Crippen LogP contribution is 2.22. The summed E-state index contributed by atoms with van der Waals surface area (Å²) in [4.78, 5) is 15.2. The lowest BCUT2D eigenvalue weighted by Gasteiger charge is -2.16. The molecule has 0 saturated carbocycles.